The fraction of sp³-hybridized carbons (Fsp3) is 0.250. The summed E-state index contributed by atoms with van der Waals surface area (Å²) in [6, 6.07) is 11.2. The molecule has 2 aromatic carbocycles. The van der Waals surface area contributed by atoms with E-state index in [1.54, 1.807) is 31.2 Å². The fourth-order valence-electron chi connectivity index (χ4n) is 2.31. The molecule has 0 amide bonds. The van der Waals surface area contributed by atoms with E-state index >= 15 is 0 Å². The number of ether oxygens (including phenoxy) is 3. The number of benzene rings is 2. The van der Waals surface area contributed by atoms with Gasteiger partial charge in [0.15, 0.2) is 11.5 Å². The highest BCUT2D eigenvalue weighted by molar-refractivity contribution is 7.89. The zero-order valence-electron chi connectivity index (χ0n) is 12.8. The second-order valence-corrected chi connectivity index (χ2v) is 6.85. The van der Waals surface area contributed by atoms with Crippen molar-refractivity contribution in [2.24, 2.45) is 0 Å². The van der Waals surface area contributed by atoms with Gasteiger partial charge in [0.2, 0.25) is 16.8 Å². The number of hydrogen-bond acceptors (Lipinski definition) is 5. The van der Waals surface area contributed by atoms with Gasteiger partial charge < -0.3 is 14.2 Å². The molecule has 0 aliphatic carbocycles. The van der Waals surface area contributed by atoms with Crippen molar-refractivity contribution < 1.29 is 22.6 Å². The number of rotatable bonds is 5. The molecular weight excluding hydrogens is 318 g/mol. The quantitative estimate of drug-likeness (QED) is 0.908. The highest BCUT2D eigenvalue weighted by atomic mass is 32.2. The van der Waals surface area contributed by atoms with Gasteiger partial charge >= 0.3 is 0 Å². The molecule has 3 rings (SSSR count). The van der Waals surface area contributed by atoms with Crippen molar-refractivity contribution in [3.05, 3.63) is 48.0 Å². The van der Waals surface area contributed by atoms with Crippen LogP contribution in [-0.4, -0.2) is 22.3 Å². The Labute approximate surface area is 135 Å². The number of nitrogens with one attached hydrogen (secondary N) is 1. The third kappa shape index (κ3) is 3.25. The first-order valence-electron chi connectivity index (χ1n) is 7.05. The summed E-state index contributed by atoms with van der Waals surface area (Å²) in [5.41, 5.74) is 0.798. The van der Waals surface area contributed by atoms with E-state index in [1.165, 1.54) is 19.2 Å². The van der Waals surface area contributed by atoms with Crippen LogP contribution in [0.1, 0.15) is 18.5 Å². The van der Waals surface area contributed by atoms with Crippen LogP contribution < -0.4 is 18.9 Å². The van der Waals surface area contributed by atoms with Gasteiger partial charge in [-0.05, 0) is 48.9 Å². The molecule has 0 radical (unpaired) electrons. The Morgan fingerprint density at radius 2 is 1.78 bits per heavy atom. The Balaban J connectivity index is 1.79. The average Bonchev–Trinajstić information content (AvgIpc) is 3.02. The largest absolute Gasteiger partial charge is 0.497 e. The van der Waals surface area contributed by atoms with Crippen molar-refractivity contribution in [1.82, 2.24) is 4.72 Å². The minimum atomic E-state index is -3.62. The van der Waals surface area contributed by atoms with Crippen LogP contribution in [-0.2, 0) is 10.0 Å². The van der Waals surface area contributed by atoms with Crippen molar-refractivity contribution >= 4 is 10.0 Å². The van der Waals surface area contributed by atoms with Crippen molar-refractivity contribution in [1.29, 1.82) is 0 Å². The Morgan fingerprint density at radius 1 is 1.09 bits per heavy atom. The van der Waals surface area contributed by atoms with Crippen LogP contribution >= 0.6 is 0 Å². The highest BCUT2D eigenvalue weighted by Gasteiger charge is 2.21. The van der Waals surface area contributed by atoms with Crippen molar-refractivity contribution in [3.8, 4) is 17.2 Å². The van der Waals surface area contributed by atoms with Gasteiger partial charge in [0, 0.05) is 6.04 Å². The molecule has 23 heavy (non-hydrogen) atoms. The van der Waals surface area contributed by atoms with E-state index in [0.717, 1.165) is 5.56 Å². The van der Waals surface area contributed by atoms with Crippen LogP contribution in [0.5, 0.6) is 17.2 Å². The third-order valence-electron chi connectivity index (χ3n) is 3.60. The number of fused-ring (bicyclic) bond motifs is 1. The zero-order chi connectivity index (χ0) is 16.4. The SMILES string of the molecule is COc1ccc(S(=O)(=O)N[C@@H](C)c2ccc3c(c2)OCO3)cc1. The molecular formula is C16H17NO5S. The smallest absolute Gasteiger partial charge is 0.241 e. The summed E-state index contributed by atoms with van der Waals surface area (Å²) in [4.78, 5) is 0.186. The lowest BCUT2D eigenvalue weighted by atomic mass is 10.1. The molecule has 2 aromatic rings. The molecule has 122 valence electrons. The predicted molar refractivity (Wildman–Crippen MR) is 84.3 cm³/mol. The number of methoxy groups -OCH3 is 1. The Kier molecular flexibility index (Phi) is 4.14. The van der Waals surface area contributed by atoms with Crippen LogP contribution in [0.2, 0.25) is 0 Å². The molecule has 1 atom stereocenters. The maximum absolute atomic E-state index is 12.4. The monoisotopic (exact) mass is 335 g/mol. The van der Waals surface area contributed by atoms with E-state index in [1.807, 2.05) is 6.07 Å². The Hall–Kier alpha value is -2.25. The van der Waals surface area contributed by atoms with Gasteiger partial charge in [0.1, 0.15) is 5.75 Å². The minimum Gasteiger partial charge on any atom is -0.497 e. The standard InChI is InChI=1S/C16H17NO5S/c1-11(12-3-8-15-16(9-12)22-10-21-15)17-23(18,19)14-6-4-13(20-2)5-7-14/h3-9,11,17H,10H2,1-2H3/t11-/m0/s1. The van der Waals surface area contributed by atoms with Crippen LogP contribution in [0.4, 0.5) is 0 Å². The molecule has 0 fully saturated rings. The van der Waals surface area contributed by atoms with Crippen molar-refractivity contribution in [2.75, 3.05) is 13.9 Å². The summed E-state index contributed by atoms with van der Waals surface area (Å²) in [6.45, 7) is 1.96. The lowest BCUT2D eigenvalue weighted by Crippen LogP contribution is -2.26. The van der Waals surface area contributed by atoms with Crippen molar-refractivity contribution in [2.45, 2.75) is 17.9 Å². The second kappa shape index (κ2) is 6.10. The molecule has 0 unspecified atom stereocenters. The maximum atomic E-state index is 12.4. The Bertz CT molecular complexity index is 802. The first kappa shape index (κ1) is 15.6. The zero-order valence-corrected chi connectivity index (χ0v) is 13.6. The lowest BCUT2D eigenvalue weighted by molar-refractivity contribution is 0.174. The van der Waals surface area contributed by atoms with E-state index in [9.17, 15) is 8.42 Å². The molecule has 1 aliphatic rings. The van der Waals surface area contributed by atoms with E-state index in [4.69, 9.17) is 14.2 Å². The molecule has 6 nitrogen and oxygen atoms in total. The molecule has 0 spiro atoms. The van der Waals surface area contributed by atoms with Gasteiger partial charge in [0.05, 0.1) is 12.0 Å². The van der Waals surface area contributed by atoms with Gasteiger partial charge in [-0.2, -0.15) is 0 Å². The van der Waals surface area contributed by atoms with E-state index in [2.05, 4.69) is 4.72 Å². The van der Waals surface area contributed by atoms with Crippen LogP contribution in [0.15, 0.2) is 47.4 Å². The minimum absolute atomic E-state index is 0.185. The Morgan fingerprint density at radius 3 is 2.48 bits per heavy atom. The summed E-state index contributed by atoms with van der Waals surface area (Å²) in [5, 5.41) is 0. The van der Waals surface area contributed by atoms with Crippen LogP contribution in [0.25, 0.3) is 0 Å². The van der Waals surface area contributed by atoms with Gasteiger partial charge in [-0.25, -0.2) is 13.1 Å². The number of sulfonamides is 1. The van der Waals surface area contributed by atoms with Gasteiger partial charge in [0.25, 0.3) is 0 Å². The van der Waals surface area contributed by atoms with Crippen molar-refractivity contribution in [3.63, 3.8) is 0 Å². The molecule has 0 aromatic heterocycles. The maximum Gasteiger partial charge on any atom is 0.241 e. The third-order valence-corrected chi connectivity index (χ3v) is 5.15. The van der Waals surface area contributed by atoms with E-state index in [0.29, 0.717) is 17.2 Å². The average molecular weight is 335 g/mol. The van der Waals surface area contributed by atoms with Gasteiger partial charge in [-0.15, -0.1) is 0 Å². The normalized spacial score (nSPS) is 14.5. The summed E-state index contributed by atoms with van der Waals surface area (Å²) >= 11 is 0. The molecule has 0 saturated carbocycles. The summed E-state index contributed by atoms with van der Waals surface area (Å²) < 4.78 is 43.1. The number of hydrogen-bond donors (Lipinski definition) is 1. The van der Waals surface area contributed by atoms with E-state index in [-0.39, 0.29) is 11.7 Å². The topological polar surface area (TPSA) is 73.9 Å². The molecule has 0 bridgehead atoms. The summed E-state index contributed by atoms with van der Waals surface area (Å²) in [6.07, 6.45) is 0. The van der Waals surface area contributed by atoms with E-state index < -0.39 is 16.1 Å². The second-order valence-electron chi connectivity index (χ2n) is 5.13. The predicted octanol–water partition coefficient (Wildman–Crippen LogP) is 2.46. The fourth-order valence-corrected chi connectivity index (χ4v) is 3.54. The van der Waals surface area contributed by atoms with Crippen LogP contribution in [0, 0.1) is 0 Å². The molecule has 1 aliphatic heterocycles. The first-order valence-corrected chi connectivity index (χ1v) is 8.54. The molecule has 1 heterocycles. The highest BCUT2D eigenvalue weighted by Crippen LogP contribution is 2.34. The summed E-state index contributed by atoms with van der Waals surface area (Å²) in [5.74, 6) is 1.89. The summed E-state index contributed by atoms with van der Waals surface area (Å²) in [7, 11) is -2.09. The lowest BCUT2D eigenvalue weighted by Gasteiger charge is -2.15. The molecule has 0 saturated heterocycles. The van der Waals surface area contributed by atoms with Gasteiger partial charge in [-0.3, -0.25) is 0 Å². The first-order chi connectivity index (χ1) is 11.0. The molecule has 1 N–H and O–H groups in total. The molecule has 7 heteroatoms. The van der Waals surface area contributed by atoms with Gasteiger partial charge in [-0.1, -0.05) is 6.07 Å². The van der Waals surface area contributed by atoms with Crippen LogP contribution in [0.3, 0.4) is 0 Å².